The lowest BCUT2D eigenvalue weighted by Crippen LogP contribution is -2.34. The number of aliphatic hydroxyl groups is 2. The summed E-state index contributed by atoms with van der Waals surface area (Å²) in [5.74, 6) is 0.500. The van der Waals surface area contributed by atoms with Gasteiger partial charge in [0.2, 0.25) is 0 Å². The standard InChI is InChI=1S/C13H25N3O3/c1-6-13(2,18)12(17)11-10(19-5)9-14-16(11)8-7-15(3)4/h9,12,17-18H,6-8H2,1-5H3. The van der Waals surface area contributed by atoms with E-state index in [1.807, 2.05) is 25.9 Å². The molecule has 1 heterocycles. The number of aromatic nitrogens is 2. The van der Waals surface area contributed by atoms with E-state index in [1.165, 1.54) is 7.11 Å². The smallest absolute Gasteiger partial charge is 0.162 e. The largest absolute Gasteiger partial charge is 0.493 e. The minimum absolute atomic E-state index is 0.441. The zero-order valence-electron chi connectivity index (χ0n) is 12.4. The molecular weight excluding hydrogens is 246 g/mol. The van der Waals surface area contributed by atoms with E-state index in [4.69, 9.17) is 4.74 Å². The van der Waals surface area contributed by atoms with Crippen molar-refractivity contribution in [3.05, 3.63) is 11.9 Å². The van der Waals surface area contributed by atoms with Crippen molar-refractivity contribution in [3.8, 4) is 5.75 Å². The quantitative estimate of drug-likeness (QED) is 0.762. The molecule has 0 aliphatic heterocycles. The molecule has 1 aromatic rings. The zero-order valence-corrected chi connectivity index (χ0v) is 12.4. The second-order valence-corrected chi connectivity index (χ2v) is 5.24. The minimum atomic E-state index is -1.21. The molecule has 110 valence electrons. The van der Waals surface area contributed by atoms with E-state index in [-0.39, 0.29) is 0 Å². The van der Waals surface area contributed by atoms with E-state index < -0.39 is 11.7 Å². The predicted molar refractivity (Wildman–Crippen MR) is 73.2 cm³/mol. The lowest BCUT2D eigenvalue weighted by Gasteiger charge is -2.28. The van der Waals surface area contributed by atoms with E-state index in [9.17, 15) is 10.2 Å². The molecule has 1 rings (SSSR count). The summed E-state index contributed by atoms with van der Waals surface area (Å²) in [4.78, 5) is 2.03. The van der Waals surface area contributed by atoms with Gasteiger partial charge >= 0.3 is 0 Å². The summed E-state index contributed by atoms with van der Waals surface area (Å²) in [7, 11) is 5.47. The molecule has 0 aromatic carbocycles. The van der Waals surface area contributed by atoms with Crippen molar-refractivity contribution in [2.45, 2.75) is 38.5 Å². The summed E-state index contributed by atoms with van der Waals surface area (Å²) in [5, 5.41) is 24.8. The third kappa shape index (κ3) is 3.68. The molecule has 2 atom stereocenters. The molecule has 2 N–H and O–H groups in total. The van der Waals surface area contributed by atoms with Crippen LogP contribution in [-0.2, 0) is 6.54 Å². The molecule has 0 fully saturated rings. The molecule has 0 aliphatic rings. The topological polar surface area (TPSA) is 70.7 Å². The summed E-state index contributed by atoms with van der Waals surface area (Å²) in [6, 6.07) is 0. The molecule has 0 radical (unpaired) electrons. The molecule has 0 amide bonds. The predicted octanol–water partition coefficient (Wildman–Crippen LogP) is 0.648. The highest BCUT2D eigenvalue weighted by Gasteiger charge is 2.34. The number of methoxy groups -OCH3 is 1. The summed E-state index contributed by atoms with van der Waals surface area (Å²) in [6.07, 6.45) is 0.980. The van der Waals surface area contributed by atoms with E-state index in [0.29, 0.717) is 24.4 Å². The van der Waals surface area contributed by atoms with Crippen molar-refractivity contribution in [3.63, 3.8) is 0 Å². The van der Waals surface area contributed by atoms with Crippen LogP contribution < -0.4 is 4.74 Å². The number of rotatable bonds is 7. The molecular formula is C13H25N3O3. The SMILES string of the molecule is CCC(C)(O)C(O)c1c(OC)cnn1CCN(C)C. The number of hydrogen-bond donors (Lipinski definition) is 2. The van der Waals surface area contributed by atoms with Crippen molar-refractivity contribution < 1.29 is 14.9 Å². The molecule has 0 saturated carbocycles. The monoisotopic (exact) mass is 271 g/mol. The van der Waals surface area contributed by atoms with Gasteiger partial charge in [-0.1, -0.05) is 6.92 Å². The lowest BCUT2D eigenvalue weighted by molar-refractivity contribution is -0.0706. The summed E-state index contributed by atoms with van der Waals surface area (Å²) in [5.41, 5.74) is -0.681. The fraction of sp³-hybridized carbons (Fsp3) is 0.769. The lowest BCUT2D eigenvalue weighted by atomic mass is 9.93. The first-order valence-corrected chi connectivity index (χ1v) is 6.48. The number of nitrogens with zero attached hydrogens (tertiary/aromatic N) is 3. The average molecular weight is 271 g/mol. The van der Waals surface area contributed by atoms with Crippen LogP contribution in [0, 0.1) is 0 Å². The van der Waals surface area contributed by atoms with Gasteiger partial charge in [0.1, 0.15) is 11.8 Å². The second-order valence-electron chi connectivity index (χ2n) is 5.24. The maximum absolute atomic E-state index is 10.4. The van der Waals surface area contributed by atoms with Gasteiger partial charge in [-0.3, -0.25) is 4.68 Å². The Morgan fingerprint density at radius 1 is 1.53 bits per heavy atom. The first kappa shape index (κ1) is 15.9. The number of hydrogen-bond acceptors (Lipinski definition) is 5. The highest BCUT2D eigenvalue weighted by Crippen LogP contribution is 2.34. The maximum atomic E-state index is 10.4. The second kappa shape index (κ2) is 6.36. The van der Waals surface area contributed by atoms with Crippen LogP contribution in [0.3, 0.4) is 0 Å². The van der Waals surface area contributed by atoms with Crippen molar-refractivity contribution in [1.29, 1.82) is 0 Å². The molecule has 0 bridgehead atoms. The van der Waals surface area contributed by atoms with Gasteiger partial charge in [-0.15, -0.1) is 0 Å². The number of likely N-dealkylation sites (N-methyl/N-ethyl adjacent to an activating group) is 1. The van der Waals surface area contributed by atoms with Crippen LogP contribution >= 0.6 is 0 Å². The van der Waals surface area contributed by atoms with Gasteiger partial charge in [0.25, 0.3) is 0 Å². The van der Waals surface area contributed by atoms with Gasteiger partial charge in [0, 0.05) is 6.54 Å². The molecule has 19 heavy (non-hydrogen) atoms. The fourth-order valence-corrected chi connectivity index (χ4v) is 1.77. The fourth-order valence-electron chi connectivity index (χ4n) is 1.77. The zero-order chi connectivity index (χ0) is 14.6. The van der Waals surface area contributed by atoms with Crippen LogP contribution in [0.5, 0.6) is 5.75 Å². The molecule has 0 spiro atoms. The average Bonchev–Trinajstić information content (AvgIpc) is 2.77. The highest BCUT2D eigenvalue weighted by atomic mass is 16.5. The third-order valence-electron chi connectivity index (χ3n) is 3.39. The van der Waals surface area contributed by atoms with Gasteiger partial charge in [0.15, 0.2) is 5.75 Å². The van der Waals surface area contributed by atoms with E-state index in [2.05, 4.69) is 5.10 Å². The first-order valence-electron chi connectivity index (χ1n) is 6.48. The van der Waals surface area contributed by atoms with Gasteiger partial charge in [-0.2, -0.15) is 5.10 Å². The Kier molecular flexibility index (Phi) is 5.34. The van der Waals surface area contributed by atoms with Crippen LogP contribution in [0.1, 0.15) is 32.1 Å². The Morgan fingerprint density at radius 3 is 2.63 bits per heavy atom. The Hall–Kier alpha value is -1.11. The minimum Gasteiger partial charge on any atom is -0.493 e. The Morgan fingerprint density at radius 2 is 2.16 bits per heavy atom. The Bertz CT molecular complexity index is 402. The van der Waals surface area contributed by atoms with E-state index in [1.54, 1.807) is 17.8 Å². The van der Waals surface area contributed by atoms with Gasteiger partial charge in [-0.25, -0.2) is 0 Å². The first-order chi connectivity index (χ1) is 8.83. The summed E-state index contributed by atoms with van der Waals surface area (Å²) < 4.78 is 6.91. The number of ether oxygens (including phenoxy) is 1. The normalized spacial score (nSPS) is 16.4. The summed E-state index contributed by atoms with van der Waals surface area (Å²) >= 11 is 0. The Labute approximate surface area is 114 Å². The van der Waals surface area contributed by atoms with Gasteiger partial charge in [-0.05, 0) is 27.4 Å². The van der Waals surface area contributed by atoms with E-state index in [0.717, 1.165) is 6.54 Å². The van der Waals surface area contributed by atoms with E-state index >= 15 is 0 Å². The van der Waals surface area contributed by atoms with Gasteiger partial charge < -0.3 is 19.8 Å². The van der Waals surface area contributed by atoms with Crippen molar-refractivity contribution in [2.24, 2.45) is 0 Å². The maximum Gasteiger partial charge on any atom is 0.162 e. The van der Waals surface area contributed by atoms with Crippen molar-refractivity contribution in [2.75, 3.05) is 27.7 Å². The third-order valence-corrected chi connectivity index (χ3v) is 3.39. The van der Waals surface area contributed by atoms with Crippen LogP contribution in [0.2, 0.25) is 0 Å². The van der Waals surface area contributed by atoms with Crippen LogP contribution in [0.4, 0.5) is 0 Å². The number of aliphatic hydroxyl groups excluding tert-OH is 1. The van der Waals surface area contributed by atoms with Crippen molar-refractivity contribution >= 4 is 0 Å². The molecule has 6 nitrogen and oxygen atoms in total. The molecule has 0 saturated heterocycles. The molecule has 2 unspecified atom stereocenters. The van der Waals surface area contributed by atoms with Crippen molar-refractivity contribution in [1.82, 2.24) is 14.7 Å². The summed E-state index contributed by atoms with van der Waals surface area (Å²) in [6.45, 7) is 4.86. The van der Waals surface area contributed by atoms with Crippen LogP contribution in [0.15, 0.2) is 6.20 Å². The Balaban J connectivity index is 3.05. The highest BCUT2D eigenvalue weighted by molar-refractivity contribution is 5.29. The van der Waals surface area contributed by atoms with Gasteiger partial charge in [0.05, 0.1) is 25.5 Å². The molecule has 0 aliphatic carbocycles. The van der Waals surface area contributed by atoms with Crippen LogP contribution in [-0.4, -0.2) is 58.2 Å². The molecule has 6 heteroatoms. The molecule has 1 aromatic heterocycles. The van der Waals surface area contributed by atoms with Crippen LogP contribution in [0.25, 0.3) is 0 Å².